The van der Waals surface area contributed by atoms with Crippen LogP contribution in [0.1, 0.15) is 10.4 Å². The average molecular weight is 405 g/mol. The van der Waals surface area contributed by atoms with E-state index in [0.29, 0.717) is 0 Å². The molecule has 0 fully saturated rings. The highest BCUT2D eigenvalue weighted by Crippen LogP contribution is 2.30. The SMILES string of the molecule is Nc1ccc(C(=O)O)c(OC(=O)Oc2ccc(-c3cc(=S)ss3)cc2)c1. The second-order valence-corrected chi connectivity index (χ2v) is 7.94. The Hall–Kier alpha value is -2.75. The maximum Gasteiger partial charge on any atom is 0.519 e. The van der Waals surface area contributed by atoms with Crippen LogP contribution in [0.2, 0.25) is 0 Å². The predicted molar refractivity (Wildman–Crippen MR) is 103 cm³/mol. The third kappa shape index (κ3) is 4.26. The van der Waals surface area contributed by atoms with E-state index >= 15 is 0 Å². The molecule has 0 aliphatic carbocycles. The van der Waals surface area contributed by atoms with Crippen LogP contribution in [0.5, 0.6) is 11.5 Å². The zero-order valence-electron chi connectivity index (χ0n) is 13.0. The molecule has 3 N–H and O–H groups in total. The van der Waals surface area contributed by atoms with E-state index in [0.717, 1.165) is 14.3 Å². The summed E-state index contributed by atoms with van der Waals surface area (Å²) in [5.41, 5.74) is 6.62. The molecule has 0 aliphatic heterocycles. The van der Waals surface area contributed by atoms with Crippen LogP contribution >= 0.6 is 32.9 Å². The zero-order chi connectivity index (χ0) is 18.7. The molecule has 0 spiro atoms. The van der Waals surface area contributed by atoms with Crippen LogP contribution in [0.25, 0.3) is 10.4 Å². The van der Waals surface area contributed by atoms with Crippen molar-refractivity contribution >= 4 is 50.7 Å². The van der Waals surface area contributed by atoms with E-state index in [2.05, 4.69) is 0 Å². The van der Waals surface area contributed by atoms with Gasteiger partial charge in [0.05, 0.1) is 0 Å². The van der Waals surface area contributed by atoms with Gasteiger partial charge in [0.15, 0.2) is 5.75 Å². The molecule has 0 unspecified atom stereocenters. The molecule has 0 saturated carbocycles. The van der Waals surface area contributed by atoms with Crippen molar-refractivity contribution in [1.29, 1.82) is 0 Å². The maximum absolute atomic E-state index is 11.9. The zero-order valence-corrected chi connectivity index (χ0v) is 15.5. The topological polar surface area (TPSA) is 98.9 Å². The standard InChI is InChI=1S/C17H11NO5S3/c18-10-3-6-12(16(19)20)13(7-10)23-17(21)22-11-4-1-9(2-5-11)14-8-15(24)26-25-14/h1-8H,18H2,(H,19,20). The summed E-state index contributed by atoms with van der Waals surface area (Å²) in [4.78, 5) is 24.1. The van der Waals surface area contributed by atoms with Crippen LogP contribution in [-0.4, -0.2) is 17.2 Å². The summed E-state index contributed by atoms with van der Waals surface area (Å²) in [6, 6.07) is 12.6. The number of carbonyl (C=O) groups excluding carboxylic acids is 1. The van der Waals surface area contributed by atoms with Crippen molar-refractivity contribution in [2.45, 2.75) is 0 Å². The van der Waals surface area contributed by atoms with Gasteiger partial charge in [0, 0.05) is 16.6 Å². The number of benzene rings is 2. The monoisotopic (exact) mass is 405 g/mol. The van der Waals surface area contributed by atoms with Crippen molar-refractivity contribution in [1.82, 2.24) is 0 Å². The van der Waals surface area contributed by atoms with Gasteiger partial charge in [-0.15, -0.1) is 0 Å². The van der Waals surface area contributed by atoms with Crippen molar-refractivity contribution in [2.75, 3.05) is 5.73 Å². The Balaban J connectivity index is 1.72. The largest absolute Gasteiger partial charge is 0.519 e. The predicted octanol–water partition coefficient (Wildman–Crippen LogP) is 5.06. The van der Waals surface area contributed by atoms with Crippen LogP contribution < -0.4 is 15.2 Å². The van der Waals surface area contributed by atoms with E-state index in [4.69, 9.17) is 32.5 Å². The number of nitrogen functional groups attached to an aromatic ring is 1. The van der Waals surface area contributed by atoms with Gasteiger partial charge in [-0.25, -0.2) is 9.59 Å². The van der Waals surface area contributed by atoms with E-state index < -0.39 is 12.1 Å². The Bertz CT molecular complexity index is 1020. The van der Waals surface area contributed by atoms with E-state index in [-0.39, 0.29) is 22.7 Å². The van der Waals surface area contributed by atoms with E-state index in [1.165, 1.54) is 28.5 Å². The number of ether oxygens (including phenoxy) is 2. The second-order valence-electron chi connectivity index (χ2n) is 5.03. The van der Waals surface area contributed by atoms with Crippen LogP contribution in [0.4, 0.5) is 10.5 Å². The first-order chi connectivity index (χ1) is 12.4. The Kier molecular flexibility index (Phi) is 5.31. The molecule has 1 aromatic heterocycles. The quantitative estimate of drug-likeness (QED) is 0.206. The first-order valence-corrected chi connectivity index (χ1v) is 9.71. The van der Waals surface area contributed by atoms with Crippen LogP contribution in [-0.2, 0) is 0 Å². The molecule has 0 atom stereocenters. The number of carbonyl (C=O) groups is 2. The van der Waals surface area contributed by atoms with Crippen LogP contribution in [0.15, 0.2) is 48.5 Å². The lowest BCUT2D eigenvalue weighted by Crippen LogP contribution is -2.16. The number of nitrogens with two attached hydrogens (primary N) is 1. The van der Waals surface area contributed by atoms with Crippen LogP contribution in [0.3, 0.4) is 0 Å². The van der Waals surface area contributed by atoms with Crippen molar-refractivity contribution in [3.63, 3.8) is 0 Å². The van der Waals surface area contributed by atoms with Gasteiger partial charge in [-0.1, -0.05) is 32.9 Å². The number of hydrogen-bond donors (Lipinski definition) is 2. The summed E-state index contributed by atoms with van der Waals surface area (Å²) in [7, 11) is 3.08. The van der Waals surface area contributed by atoms with Gasteiger partial charge in [0.1, 0.15) is 15.1 Å². The summed E-state index contributed by atoms with van der Waals surface area (Å²) < 4.78 is 10.9. The molecular weight excluding hydrogens is 394 g/mol. The van der Waals surface area contributed by atoms with Gasteiger partial charge in [-0.3, -0.25) is 0 Å². The summed E-state index contributed by atoms with van der Waals surface area (Å²) in [5, 5.41) is 9.12. The second kappa shape index (κ2) is 7.65. The molecule has 2 aromatic carbocycles. The molecule has 9 heteroatoms. The number of hydrogen-bond acceptors (Lipinski definition) is 8. The maximum atomic E-state index is 11.9. The lowest BCUT2D eigenvalue weighted by atomic mass is 10.2. The third-order valence-corrected chi connectivity index (χ3v) is 6.14. The molecule has 0 saturated heterocycles. The minimum absolute atomic E-state index is 0.183. The third-order valence-electron chi connectivity index (χ3n) is 3.23. The molecular formula is C17H11NO5S3. The summed E-state index contributed by atoms with van der Waals surface area (Å²) in [6.45, 7) is 0. The van der Waals surface area contributed by atoms with Gasteiger partial charge < -0.3 is 20.3 Å². The minimum Gasteiger partial charge on any atom is -0.478 e. The number of carboxylic acid groups (broad SMARTS) is 1. The van der Waals surface area contributed by atoms with Gasteiger partial charge in [0.25, 0.3) is 0 Å². The lowest BCUT2D eigenvalue weighted by molar-refractivity contribution is 0.0693. The molecule has 0 radical (unpaired) electrons. The summed E-state index contributed by atoms with van der Waals surface area (Å²) >= 11 is 5.11. The Morgan fingerprint density at radius 3 is 2.35 bits per heavy atom. The van der Waals surface area contributed by atoms with Crippen molar-refractivity contribution in [3.8, 4) is 21.9 Å². The first-order valence-electron chi connectivity index (χ1n) is 7.15. The molecule has 26 heavy (non-hydrogen) atoms. The van der Waals surface area contributed by atoms with E-state index in [1.54, 1.807) is 34.6 Å². The number of aromatic carboxylic acids is 1. The fraction of sp³-hybridized carbons (Fsp3) is 0. The van der Waals surface area contributed by atoms with Gasteiger partial charge in [-0.05, 0) is 48.0 Å². The molecule has 3 aromatic rings. The number of rotatable bonds is 4. The Morgan fingerprint density at radius 2 is 1.73 bits per heavy atom. The Morgan fingerprint density at radius 1 is 1.00 bits per heavy atom. The molecule has 0 aliphatic rings. The highest BCUT2D eigenvalue weighted by molar-refractivity contribution is 7.80. The highest BCUT2D eigenvalue weighted by Gasteiger charge is 2.16. The van der Waals surface area contributed by atoms with E-state index in [1.807, 2.05) is 6.07 Å². The summed E-state index contributed by atoms with van der Waals surface area (Å²) in [5.74, 6) is -1.16. The normalized spacial score (nSPS) is 10.3. The van der Waals surface area contributed by atoms with Gasteiger partial charge in [0.2, 0.25) is 0 Å². The van der Waals surface area contributed by atoms with Gasteiger partial charge >= 0.3 is 12.1 Å². The molecule has 0 bridgehead atoms. The fourth-order valence-corrected chi connectivity index (χ4v) is 4.47. The smallest absolute Gasteiger partial charge is 0.478 e. The molecule has 3 rings (SSSR count). The summed E-state index contributed by atoms with van der Waals surface area (Å²) in [6.07, 6.45) is -1.06. The van der Waals surface area contributed by atoms with Gasteiger partial charge in [-0.2, -0.15) is 0 Å². The first kappa shape index (κ1) is 18.1. The van der Waals surface area contributed by atoms with Crippen molar-refractivity contribution in [2.24, 2.45) is 0 Å². The van der Waals surface area contributed by atoms with E-state index in [9.17, 15) is 9.59 Å². The average Bonchev–Trinajstić information content (AvgIpc) is 3.01. The Labute approximate surface area is 160 Å². The molecule has 0 amide bonds. The van der Waals surface area contributed by atoms with Crippen molar-refractivity contribution < 1.29 is 24.2 Å². The molecule has 132 valence electrons. The lowest BCUT2D eigenvalue weighted by Gasteiger charge is -2.09. The highest BCUT2D eigenvalue weighted by atomic mass is 32.9. The fourth-order valence-electron chi connectivity index (χ4n) is 2.07. The molecule has 1 heterocycles. The van der Waals surface area contributed by atoms with Crippen molar-refractivity contribution in [3.05, 3.63) is 57.9 Å². The van der Waals surface area contributed by atoms with Crippen LogP contribution in [0, 0.1) is 3.82 Å². The number of carboxylic acids is 1. The minimum atomic E-state index is -1.24. The number of anilines is 1. The molecule has 6 nitrogen and oxygen atoms in total.